The molecule has 3 heterocycles. The van der Waals surface area contributed by atoms with Gasteiger partial charge in [0.2, 0.25) is 0 Å². The fraction of sp³-hybridized carbons (Fsp3) is 0.185. The molecule has 0 saturated carbocycles. The van der Waals surface area contributed by atoms with Crippen molar-refractivity contribution in [3.05, 3.63) is 79.6 Å². The van der Waals surface area contributed by atoms with Gasteiger partial charge in [-0.05, 0) is 55.0 Å². The number of aromatic nitrogens is 4. The van der Waals surface area contributed by atoms with Crippen LogP contribution in [0.3, 0.4) is 0 Å². The molecule has 6 N–H and O–H groups in total. The minimum Gasteiger partial charge on any atom is -0.473 e. The maximum atomic E-state index is 9.21. The van der Waals surface area contributed by atoms with Crippen LogP contribution in [0.4, 0.5) is 28.4 Å². The number of aliphatic hydroxyl groups excluding tert-OH is 1. The highest BCUT2D eigenvalue weighted by Crippen LogP contribution is 2.37. The van der Waals surface area contributed by atoms with Gasteiger partial charge in [0.1, 0.15) is 12.3 Å². The van der Waals surface area contributed by atoms with Gasteiger partial charge in [0, 0.05) is 31.7 Å². The summed E-state index contributed by atoms with van der Waals surface area (Å²) in [7, 11) is 0. The molecule has 0 saturated heterocycles. The van der Waals surface area contributed by atoms with E-state index in [0.29, 0.717) is 34.3 Å². The average Bonchev–Trinajstić information content (AvgIpc) is 3.57. The predicted octanol–water partition coefficient (Wildman–Crippen LogP) is 3.54. The Balaban J connectivity index is 1.32. The normalized spacial score (nSPS) is 12.8. The SMILES string of the molecule is Nc1cc(N)c(Nc2c(OCCO)nn3ccccc23)cc1N=C1C=CC(=NCCCn2ccnc2)C=C1. The quantitative estimate of drug-likeness (QED) is 0.144. The maximum absolute atomic E-state index is 9.21. The Morgan fingerprint density at radius 1 is 1.03 bits per heavy atom. The largest absolute Gasteiger partial charge is 0.473 e. The Morgan fingerprint density at radius 2 is 1.87 bits per heavy atom. The standard InChI is InChI=1S/C27H29N9O2/c28-21-16-22(29)24(33-26-25-4-1-2-12-36(25)34-27(26)38-15-14-37)17-23(21)32-20-7-5-19(6-8-20)31-9-3-11-35-13-10-30-18-35/h1-2,4-8,10,12-13,16-18,33,37H,3,9,11,14-15,28-29H2. The van der Waals surface area contributed by atoms with Gasteiger partial charge in [-0.25, -0.2) is 14.5 Å². The summed E-state index contributed by atoms with van der Waals surface area (Å²) in [6, 6.07) is 9.14. The highest BCUT2D eigenvalue weighted by Gasteiger charge is 2.16. The molecule has 4 aromatic rings. The molecule has 5 rings (SSSR count). The number of aliphatic imine (C=N–C) groups is 2. The lowest BCUT2D eigenvalue weighted by atomic mass is 10.1. The van der Waals surface area contributed by atoms with E-state index in [1.807, 2.05) is 65.8 Å². The van der Waals surface area contributed by atoms with Crippen molar-refractivity contribution in [2.75, 3.05) is 36.5 Å². The van der Waals surface area contributed by atoms with Crippen LogP contribution in [0.1, 0.15) is 6.42 Å². The van der Waals surface area contributed by atoms with Gasteiger partial charge in [-0.3, -0.25) is 4.99 Å². The number of nitrogens with two attached hydrogens (primary N) is 2. The van der Waals surface area contributed by atoms with Gasteiger partial charge in [-0.2, -0.15) is 0 Å². The molecule has 3 aromatic heterocycles. The van der Waals surface area contributed by atoms with Crippen molar-refractivity contribution in [2.24, 2.45) is 9.98 Å². The predicted molar refractivity (Wildman–Crippen MR) is 151 cm³/mol. The lowest BCUT2D eigenvalue weighted by Crippen LogP contribution is -2.05. The van der Waals surface area contributed by atoms with Crippen LogP contribution in [0.2, 0.25) is 0 Å². The lowest BCUT2D eigenvalue weighted by molar-refractivity contribution is 0.197. The maximum Gasteiger partial charge on any atom is 0.258 e. The van der Waals surface area contributed by atoms with Crippen molar-refractivity contribution in [3.8, 4) is 5.88 Å². The highest BCUT2D eigenvalue weighted by molar-refractivity contribution is 6.19. The number of ether oxygens (including phenoxy) is 1. The summed E-state index contributed by atoms with van der Waals surface area (Å²) in [6.45, 7) is 1.59. The van der Waals surface area contributed by atoms with E-state index in [1.165, 1.54) is 0 Å². The van der Waals surface area contributed by atoms with Crippen LogP contribution < -0.4 is 21.5 Å². The lowest BCUT2D eigenvalue weighted by Gasteiger charge is -2.13. The van der Waals surface area contributed by atoms with Gasteiger partial charge in [0.15, 0.2) is 0 Å². The number of pyridine rings is 1. The average molecular weight is 512 g/mol. The van der Waals surface area contributed by atoms with E-state index in [2.05, 4.69) is 20.4 Å². The van der Waals surface area contributed by atoms with Crippen molar-refractivity contribution in [1.82, 2.24) is 19.2 Å². The molecule has 0 radical (unpaired) electrons. The van der Waals surface area contributed by atoms with Crippen molar-refractivity contribution in [1.29, 1.82) is 0 Å². The minimum absolute atomic E-state index is 0.114. The molecule has 38 heavy (non-hydrogen) atoms. The number of nitrogen functional groups attached to an aromatic ring is 2. The summed E-state index contributed by atoms with van der Waals surface area (Å²) >= 11 is 0. The van der Waals surface area contributed by atoms with Crippen LogP contribution in [-0.2, 0) is 6.54 Å². The highest BCUT2D eigenvalue weighted by atomic mass is 16.5. The van der Waals surface area contributed by atoms with Gasteiger partial charge in [0.05, 0.1) is 52.6 Å². The molecule has 0 spiro atoms. The third kappa shape index (κ3) is 5.73. The number of anilines is 4. The molecular weight excluding hydrogens is 482 g/mol. The van der Waals surface area contributed by atoms with Gasteiger partial charge < -0.3 is 31.2 Å². The first-order chi connectivity index (χ1) is 18.6. The Kier molecular flexibility index (Phi) is 7.46. The first kappa shape index (κ1) is 24.8. The van der Waals surface area contributed by atoms with Crippen LogP contribution in [0.25, 0.3) is 5.52 Å². The number of hydrogen-bond acceptors (Lipinski definition) is 9. The molecule has 0 amide bonds. The molecule has 0 unspecified atom stereocenters. The third-order valence-corrected chi connectivity index (χ3v) is 5.82. The number of hydrogen-bond donors (Lipinski definition) is 4. The number of allylic oxidation sites excluding steroid dienone is 4. The topological polar surface area (TPSA) is 153 Å². The number of aliphatic hydroxyl groups is 1. The molecule has 0 atom stereocenters. The van der Waals surface area contributed by atoms with Crippen molar-refractivity contribution >= 4 is 45.4 Å². The molecule has 11 heteroatoms. The van der Waals surface area contributed by atoms with Crippen LogP contribution >= 0.6 is 0 Å². The summed E-state index contributed by atoms with van der Waals surface area (Å²) in [4.78, 5) is 13.4. The van der Waals surface area contributed by atoms with Crippen molar-refractivity contribution in [2.45, 2.75) is 13.0 Å². The zero-order valence-electron chi connectivity index (χ0n) is 20.7. The van der Waals surface area contributed by atoms with E-state index in [0.717, 1.165) is 36.5 Å². The van der Waals surface area contributed by atoms with E-state index < -0.39 is 0 Å². The van der Waals surface area contributed by atoms with Crippen LogP contribution in [0.15, 0.2) is 89.5 Å². The fourth-order valence-corrected chi connectivity index (χ4v) is 3.95. The third-order valence-electron chi connectivity index (χ3n) is 5.82. The van der Waals surface area contributed by atoms with Gasteiger partial charge in [0.25, 0.3) is 5.88 Å². The number of nitrogens with zero attached hydrogens (tertiary/aromatic N) is 6. The molecule has 194 valence electrons. The van der Waals surface area contributed by atoms with Crippen molar-refractivity contribution in [3.63, 3.8) is 0 Å². The zero-order chi connectivity index (χ0) is 26.3. The van der Waals surface area contributed by atoms with E-state index in [4.69, 9.17) is 21.2 Å². The Bertz CT molecular complexity index is 1510. The second-order valence-electron chi connectivity index (χ2n) is 8.57. The van der Waals surface area contributed by atoms with Crippen LogP contribution in [0, 0.1) is 0 Å². The first-order valence-electron chi connectivity index (χ1n) is 12.2. The number of nitrogens with one attached hydrogen (secondary N) is 1. The minimum atomic E-state index is -0.127. The number of fused-ring (bicyclic) bond motifs is 1. The summed E-state index contributed by atoms with van der Waals surface area (Å²) in [5, 5.41) is 17.0. The van der Waals surface area contributed by atoms with E-state index >= 15 is 0 Å². The second-order valence-corrected chi connectivity index (χ2v) is 8.57. The summed E-state index contributed by atoms with van der Waals surface area (Å²) in [6.07, 6.45) is 16.0. The first-order valence-corrected chi connectivity index (χ1v) is 12.2. The van der Waals surface area contributed by atoms with Crippen molar-refractivity contribution < 1.29 is 9.84 Å². The van der Waals surface area contributed by atoms with E-state index in [-0.39, 0.29) is 13.2 Å². The molecule has 1 aromatic carbocycles. The Hall–Kier alpha value is -4.90. The van der Waals surface area contributed by atoms with Gasteiger partial charge in [-0.1, -0.05) is 6.07 Å². The van der Waals surface area contributed by atoms with Crippen LogP contribution in [0.5, 0.6) is 5.88 Å². The monoisotopic (exact) mass is 511 g/mol. The van der Waals surface area contributed by atoms with Crippen LogP contribution in [-0.4, -0.2) is 55.5 Å². The number of rotatable bonds is 10. The molecule has 0 fully saturated rings. The second kappa shape index (κ2) is 11.4. The number of benzene rings is 1. The molecule has 0 bridgehead atoms. The van der Waals surface area contributed by atoms with E-state index in [9.17, 15) is 5.11 Å². The zero-order valence-corrected chi connectivity index (χ0v) is 20.7. The number of imidazole rings is 1. The fourth-order valence-electron chi connectivity index (χ4n) is 3.95. The Morgan fingerprint density at radius 3 is 2.66 bits per heavy atom. The molecular formula is C27H29N9O2. The molecule has 1 aliphatic rings. The molecule has 1 aliphatic carbocycles. The Labute approximate surface area is 219 Å². The molecule has 11 nitrogen and oxygen atoms in total. The van der Waals surface area contributed by atoms with Gasteiger partial charge in [-0.15, -0.1) is 5.10 Å². The van der Waals surface area contributed by atoms with Gasteiger partial charge >= 0.3 is 0 Å². The number of aryl methyl sites for hydroxylation is 1. The summed E-state index contributed by atoms with van der Waals surface area (Å²) in [5.74, 6) is 0.351. The summed E-state index contributed by atoms with van der Waals surface area (Å²) in [5.41, 5.74) is 17.7. The van der Waals surface area contributed by atoms with E-state index in [1.54, 1.807) is 22.8 Å². The molecule has 0 aliphatic heterocycles. The summed E-state index contributed by atoms with van der Waals surface area (Å²) < 4.78 is 9.38. The smallest absolute Gasteiger partial charge is 0.258 e.